The third kappa shape index (κ3) is 4.23. The van der Waals surface area contributed by atoms with Gasteiger partial charge in [0.25, 0.3) is 0 Å². The lowest BCUT2D eigenvalue weighted by atomic mass is 10.1. The molecule has 2 heterocycles. The third-order valence-electron chi connectivity index (χ3n) is 5.19. The highest BCUT2D eigenvalue weighted by molar-refractivity contribution is 5.68. The molecule has 0 saturated carbocycles. The maximum Gasteiger partial charge on any atom is 0.410 e. The Morgan fingerprint density at radius 3 is 2.67 bits per heavy atom. The summed E-state index contributed by atoms with van der Waals surface area (Å²) < 4.78 is 11.1. The minimum atomic E-state index is -0.449. The van der Waals surface area contributed by atoms with E-state index in [4.69, 9.17) is 9.47 Å². The quantitative estimate of drug-likeness (QED) is 0.767. The topological polar surface area (TPSA) is 74.3 Å². The van der Waals surface area contributed by atoms with Gasteiger partial charge in [-0.1, -0.05) is 42.5 Å². The Balaban J connectivity index is 1.24. The van der Waals surface area contributed by atoms with Crippen LogP contribution in [-0.4, -0.2) is 42.3 Å². The molecule has 2 saturated heterocycles. The molecule has 1 amide bonds. The van der Waals surface area contributed by atoms with Crippen molar-refractivity contribution in [2.75, 3.05) is 26.2 Å². The first-order chi connectivity index (χ1) is 13.1. The van der Waals surface area contributed by atoms with Gasteiger partial charge in [-0.2, -0.15) is 0 Å². The first-order valence-electron chi connectivity index (χ1n) is 9.29. The molecule has 4 rings (SSSR count). The zero-order valence-corrected chi connectivity index (χ0v) is 15.1. The van der Waals surface area contributed by atoms with E-state index in [1.807, 2.05) is 42.5 Å². The SMILES string of the molecule is O=C(OCc1ccccc1)N1CCC(CNC2(c3ccc(O)cc3)CO2)C1. The number of rotatable bonds is 6. The first kappa shape index (κ1) is 17.8. The summed E-state index contributed by atoms with van der Waals surface area (Å²) >= 11 is 0. The summed E-state index contributed by atoms with van der Waals surface area (Å²) in [4.78, 5) is 14.0. The number of benzene rings is 2. The molecule has 2 aromatic rings. The molecule has 2 atom stereocenters. The van der Waals surface area contributed by atoms with Gasteiger partial charge in [0.05, 0.1) is 6.61 Å². The zero-order chi connectivity index (χ0) is 18.7. The first-order valence-corrected chi connectivity index (χ1v) is 9.29. The summed E-state index contributed by atoms with van der Waals surface area (Å²) in [5.74, 6) is 0.613. The molecule has 2 unspecified atom stereocenters. The van der Waals surface area contributed by atoms with E-state index < -0.39 is 5.72 Å². The van der Waals surface area contributed by atoms with Gasteiger partial charge in [0.15, 0.2) is 5.72 Å². The van der Waals surface area contributed by atoms with Crippen LogP contribution in [0.5, 0.6) is 5.75 Å². The average Bonchev–Trinajstić information content (AvgIpc) is 3.34. The minimum Gasteiger partial charge on any atom is -0.508 e. The van der Waals surface area contributed by atoms with Crippen LogP contribution >= 0.6 is 0 Å². The molecule has 0 aromatic heterocycles. The van der Waals surface area contributed by atoms with Gasteiger partial charge in [0.2, 0.25) is 0 Å². The maximum atomic E-state index is 12.3. The van der Waals surface area contributed by atoms with Crippen molar-refractivity contribution in [3.63, 3.8) is 0 Å². The van der Waals surface area contributed by atoms with E-state index in [2.05, 4.69) is 5.32 Å². The number of aromatic hydroxyl groups is 1. The number of carbonyl (C=O) groups is 1. The fourth-order valence-electron chi connectivity index (χ4n) is 3.46. The molecule has 0 aliphatic carbocycles. The van der Waals surface area contributed by atoms with Gasteiger partial charge in [-0.05, 0) is 30.0 Å². The smallest absolute Gasteiger partial charge is 0.410 e. The molecule has 0 spiro atoms. The molecular weight excluding hydrogens is 344 g/mol. The highest BCUT2D eigenvalue weighted by Gasteiger charge is 2.46. The lowest BCUT2D eigenvalue weighted by Crippen LogP contribution is -2.36. The fraction of sp³-hybridized carbons (Fsp3) is 0.381. The summed E-state index contributed by atoms with van der Waals surface area (Å²) in [6.45, 7) is 3.09. The predicted molar refractivity (Wildman–Crippen MR) is 100 cm³/mol. The van der Waals surface area contributed by atoms with Gasteiger partial charge < -0.3 is 19.5 Å². The van der Waals surface area contributed by atoms with Gasteiger partial charge in [-0.3, -0.25) is 5.32 Å². The van der Waals surface area contributed by atoms with Gasteiger partial charge in [0, 0.05) is 25.2 Å². The second-order valence-corrected chi connectivity index (χ2v) is 7.18. The van der Waals surface area contributed by atoms with Crippen LogP contribution in [0.1, 0.15) is 17.5 Å². The van der Waals surface area contributed by atoms with E-state index in [0.717, 1.165) is 24.1 Å². The second-order valence-electron chi connectivity index (χ2n) is 7.18. The van der Waals surface area contributed by atoms with Gasteiger partial charge >= 0.3 is 6.09 Å². The van der Waals surface area contributed by atoms with E-state index in [9.17, 15) is 9.90 Å². The summed E-state index contributed by atoms with van der Waals surface area (Å²) in [5.41, 5.74) is 1.55. The van der Waals surface area contributed by atoms with E-state index in [-0.39, 0.29) is 11.8 Å². The summed E-state index contributed by atoms with van der Waals surface area (Å²) in [6.07, 6.45) is 0.691. The normalized spacial score (nSPS) is 24.0. The number of phenolic OH excluding ortho intramolecular Hbond substituents is 1. The van der Waals surface area contributed by atoms with Crippen molar-refractivity contribution < 1.29 is 19.4 Å². The van der Waals surface area contributed by atoms with Crippen molar-refractivity contribution in [3.8, 4) is 5.75 Å². The van der Waals surface area contributed by atoms with E-state index in [1.165, 1.54) is 0 Å². The number of likely N-dealkylation sites (tertiary alicyclic amines) is 1. The van der Waals surface area contributed by atoms with Crippen molar-refractivity contribution in [2.45, 2.75) is 18.8 Å². The summed E-state index contributed by atoms with van der Waals surface area (Å²) in [7, 11) is 0. The fourth-order valence-corrected chi connectivity index (χ4v) is 3.46. The van der Waals surface area contributed by atoms with Crippen molar-refractivity contribution in [1.82, 2.24) is 10.2 Å². The Morgan fingerprint density at radius 1 is 1.22 bits per heavy atom. The average molecular weight is 368 g/mol. The second kappa shape index (κ2) is 7.58. The van der Waals surface area contributed by atoms with Gasteiger partial charge in [-0.15, -0.1) is 0 Å². The Bertz CT molecular complexity index is 775. The maximum absolute atomic E-state index is 12.3. The van der Waals surface area contributed by atoms with Gasteiger partial charge in [-0.25, -0.2) is 4.79 Å². The number of hydrogen-bond acceptors (Lipinski definition) is 5. The van der Waals surface area contributed by atoms with Crippen LogP contribution in [-0.2, 0) is 21.8 Å². The molecule has 6 nitrogen and oxygen atoms in total. The monoisotopic (exact) mass is 368 g/mol. The van der Waals surface area contributed by atoms with Crippen molar-refractivity contribution in [3.05, 3.63) is 65.7 Å². The Morgan fingerprint density at radius 2 is 1.96 bits per heavy atom. The highest BCUT2D eigenvalue weighted by Crippen LogP contribution is 2.36. The number of hydrogen-bond donors (Lipinski definition) is 2. The zero-order valence-electron chi connectivity index (χ0n) is 15.1. The van der Waals surface area contributed by atoms with Crippen molar-refractivity contribution in [2.24, 2.45) is 5.92 Å². The van der Waals surface area contributed by atoms with Crippen LogP contribution in [0, 0.1) is 5.92 Å². The van der Waals surface area contributed by atoms with Crippen LogP contribution in [0.15, 0.2) is 54.6 Å². The number of phenols is 1. The van der Waals surface area contributed by atoms with Crippen LogP contribution in [0.4, 0.5) is 4.79 Å². The Hall–Kier alpha value is -2.57. The summed E-state index contributed by atoms with van der Waals surface area (Å²) in [6, 6.07) is 16.8. The molecule has 2 aliphatic heterocycles. The molecular formula is C21H24N2O4. The van der Waals surface area contributed by atoms with Gasteiger partial charge in [0.1, 0.15) is 12.4 Å². The largest absolute Gasteiger partial charge is 0.508 e. The number of nitrogens with zero attached hydrogens (tertiary/aromatic N) is 1. The van der Waals surface area contributed by atoms with Crippen LogP contribution in [0.25, 0.3) is 0 Å². The molecule has 2 aromatic carbocycles. The molecule has 142 valence electrons. The molecule has 2 aliphatic rings. The highest BCUT2D eigenvalue weighted by atomic mass is 16.6. The third-order valence-corrected chi connectivity index (χ3v) is 5.19. The molecule has 27 heavy (non-hydrogen) atoms. The Labute approximate surface area is 158 Å². The lowest BCUT2D eigenvalue weighted by Gasteiger charge is -2.19. The van der Waals surface area contributed by atoms with Crippen molar-refractivity contribution >= 4 is 6.09 Å². The number of amides is 1. The molecule has 0 radical (unpaired) electrons. The number of ether oxygens (including phenoxy) is 2. The van der Waals surface area contributed by atoms with E-state index in [0.29, 0.717) is 32.2 Å². The van der Waals surface area contributed by atoms with Crippen molar-refractivity contribution in [1.29, 1.82) is 0 Å². The molecule has 6 heteroatoms. The van der Waals surface area contributed by atoms with E-state index in [1.54, 1.807) is 17.0 Å². The van der Waals surface area contributed by atoms with E-state index >= 15 is 0 Å². The number of carbonyl (C=O) groups excluding carboxylic acids is 1. The molecule has 2 fully saturated rings. The Kier molecular flexibility index (Phi) is 5.01. The molecule has 0 bridgehead atoms. The van der Waals surface area contributed by atoms with Crippen LogP contribution in [0.3, 0.4) is 0 Å². The molecule has 2 N–H and O–H groups in total. The van der Waals surface area contributed by atoms with Crippen LogP contribution < -0.4 is 5.32 Å². The number of nitrogens with one attached hydrogen (secondary N) is 1. The summed E-state index contributed by atoms with van der Waals surface area (Å²) in [5, 5.41) is 12.9. The minimum absolute atomic E-state index is 0.245. The standard InChI is InChI=1S/C21H24N2O4/c24-19-8-6-18(7-9-19)21(15-27-21)22-12-17-10-11-23(13-17)20(25)26-14-16-4-2-1-3-5-16/h1-9,17,22,24H,10-15H2. The van der Waals surface area contributed by atoms with Crippen LogP contribution in [0.2, 0.25) is 0 Å². The number of epoxide rings is 1. The lowest BCUT2D eigenvalue weighted by molar-refractivity contribution is 0.103. The predicted octanol–water partition coefficient (Wildman–Crippen LogP) is 2.82.